The molecule has 0 heterocycles. The van der Waals surface area contributed by atoms with Crippen LogP contribution >= 0.6 is 8.25 Å². The topological polar surface area (TPSA) is 63.6 Å². The SMILES string of the molecule is CC(C)C(=O)CO[PH](=O)O. The number of hydrogen-bond donors (Lipinski definition) is 1. The molecule has 0 saturated heterocycles. The van der Waals surface area contributed by atoms with Crippen LogP contribution in [0.15, 0.2) is 0 Å². The lowest BCUT2D eigenvalue weighted by atomic mass is 10.1. The minimum absolute atomic E-state index is 0.138. The summed E-state index contributed by atoms with van der Waals surface area (Å²) in [4.78, 5) is 18.8. The van der Waals surface area contributed by atoms with Crippen LogP contribution < -0.4 is 0 Å². The normalized spacial score (nSPS) is 13.6. The summed E-state index contributed by atoms with van der Waals surface area (Å²) in [6, 6.07) is 0. The number of carbonyl (C=O) groups is 1. The highest BCUT2D eigenvalue weighted by Gasteiger charge is 2.07. The molecule has 0 radical (unpaired) electrons. The van der Waals surface area contributed by atoms with Crippen molar-refractivity contribution in [2.45, 2.75) is 13.8 Å². The third kappa shape index (κ3) is 4.68. The number of Topliss-reactive ketones (excluding diaryl/α,β-unsaturated/α-hetero) is 1. The molecule has 0 fully saturated rings. The van der Waals surface area contributed by atoms with Crippen molar-refractivity contribution in [3.8, 4) is 0 Å². The summed E-state index contributed by atoms with van der Waals surface area (Å²) in [5.74, 6) is -0.297. The van der Waals surface area contributed by atoms with E-state index in [0.29, 0.717) is 0 Å². The molecule has 0 aromatic carbocycles. The summed E-state index contributed by atoms with van der Waals surface area (Å²) >= 11 is 0. The first-order valence-corrected chi connectivity index (χ1v) is 4.19. The standard InChI is InChI=1S/C5H11O4P/c1-4(2)5(6)3-9-10(7)8/h4,10H,3H2,1-2H3,(H,7,8). The molecular weight excluding hydrogens is 155 g/mol. The molecule has 1 unspecified atom stereocenters. The van der Waals surface area contributed by atoms with Crippen molar-refractivity contribution in [2.75, 3.05) is 6.61 Å². The molecular formula is C5H11O4P. The predicted octanol–water partition coefficient (Wildman–Crippen LogP) is 0.610. The van der Waals surface area contributed by atoms with Gasteiger partial charge in [-0.1, -0.05) is 13.8 Å². The van der Waals surface area contributed by atoms with E-state index in [1.165, 1.54) is 0 Å². The second-order valence-corrected chi connectivity index (χ2v) is 3.00. The van der Waals surface area contributed by atoms with Gasteiger partial charge in [0.15, 0.2) is 5.78 Å². The highest BCUT2D eigenvalue weighted by molar-refractivity contribution is 7.32. The van der Waals surface area contributed by atoms with Gasteiger partial charge in [-0.15, -0.1) is 0 Å². The van der Waals surface area contributed by atoms with Crippen LogP contribution in [0.3, 0.4) is 0 Å². The highest BCUT2D eigenvalue weighted by Crippen LogP contribution is 2.14. The number of hydrogen-bond acceptors (Lipinski definition) is 3. The molecule has 1 N–H and O–H groups in total. The maximum Gasteiger partial charge on any atom is 0.317 e. The monoisotopic (exact) mass is 166 g/mol. The van der Waals surface area contributed by atoms with E-state index in [9.17, 15) is 9.36 Å². The number of ketones is 1. The maximum absolute atomic E-state index is 10.7. The van der Waals surface area contributed by atoms with Gasteiger partial charge in [0, 0.05) is 5.92 Å². The predicted molar refractivity (Wildman–Crippen MR) is 37.0 cm³/mol. The molecule has 60 valence electrons. The summed E-state index contributed by atoms with van der Waals surface area (Å²) in [6.07, 6.45) is 0. The largest absolute Gasteiger partial charge is 0.326 e. The van der Waals surface area contributed by atoms with E-state index in [1.807, 2.05) is 0 Å². The van der Waals surface area contributed by atoms with Crippen LogP contribution in [-0.2, 0) is 13.9 Å². The second-order valence-electron chi connectivity index (χ2n) is 2.18. The van der Waals surface area contributed by atoms with Crippen molar-refractivity contribution in [3.63, 3.8) is 0 Å². The first-order chi connectivity index (χ1) is 4.54. The van der Waals surface area contributed by atoms with Gasteiger partial charge in [-0.3, -0.25) is 9.36 Å². The third-order valence-corrected chi connectivity index (χ3v) is 1.37. The van der Waals surface area contributed by atoms with E-state index in [-0.39, 0.29) is 18.3 Å². The summed E-state index contributed by atoms with van der Waals surface area (Å²) in [7, 11) is -2.93. The average Bonchev–Trinajstić information content (AvgIpc) is 1.82. The smallest absolute Gasteiger partial charge is 0.317 e. The zero-order valence-electron chi connectivity index (χ0n) is 5.96. The van der Waals surface area contributed by atoms with E-state index >= 15 is 0 Å². The molecule has 10 heavy (non-hydrogen) atoms. The molecule has 0 spiro atoms. The first-order valence-electron chi connectivity index (χ1n) is 2.92. The Balaban J connectivity index is 3.50. The fraction of sp³-hybridized carbons (Fsp3) is 0.800. The zero-order valence-corrected chi connectivity index (χ0v) is 6.96. The fourth-order valence-electron chi connectivity index (χ4n) is 0.300. The molecule has 0 aliphatic heterocycles. The highest BCUT2D eigenvalue weighted by atomic mass is 31.1. The Morgan fingerprint density at radius 3 is 2.50 bits per heavy atom. The molecule has 0 aliphatic carbocycles. The molecule has 0 aliphatic rings. The Kier molecular flexibility index (Phi) is 4.52. The Morgan fingerprint density at radius 2 is 2.20 bits per heavy atom. The van der Waals surface area contributed by atoms with Gasteiger partial charge in [-0.2, -0.15) is 0 Å². The molecule has 0 bridgehead atoms. The lowest BCUT2D eigenvalue weighted by molar-refractivity contribution is -0.123. The van der Waals surface area contributed by atoms with Gasteiger partial charge in [-0.05, 0) is 0 Å². The van der Waals surface area contributed by atoms with E-state index in [2.05, 4.69) is 4.52 Å². The molecule has 0 amide bonds. The molecule has 0 saturated carbocycles. The first kappa shape index (κ1) is 9.82. The Morgan fingerprint density at radius 1 is 1.70 bits per heavy atom. The minimum Gasteiger partial charge on any atom is -0.326 e. The van der Waals surface area contributed by atoms with Crippen LogP contribution in [-0.4, -0.2) is 17.3 Å². The minimum atomic E-state index is -2.93. The van der Waals surface area contributed by atoms with E-state index in [4.69, 9.17) is 4.89 Å². The summed E-state index contributed by atoms with van der Waals surface area (Å²) in [5, 5.41) is 0. The van der Waals surface area contributed by atoms with Crippen molar-refractivity contribution in [3.05, 3.63) is 0 Å². The van der Waals surface area contributed by atoms with Gasteiger partial charge in [0.25, 0.3) is 0 Å². The van der Waals surface area contributed by atoms with Crippen LogP contribution in [0, 0.1) is 5.92 Å². The summed E-state index contributed by atoms with van der Waals surface area (Å²) in [5.41, 5.74) is 0. The summed E-state index contributed by atoms with van der Waals surface area (Å²) < 4.78 is 14.2. The number of carbonyl (C=O) groups excluding carboxylic acids is 1. The van der Waals surface area contributed by atoms with Gasteiger partial charge in [0.05, 0.1) is 0 Å². The quantitative estimate of drug-likeness (QED) is 0.621. The van der Waals surface area contributed by atoms with Crippen molar-refractivity contribution < 1.29 is 18.8 Å². The maximum atomic E-state index is 10.7. The second kappa shape index (κ2) is 4.61. The van der Waals surface area contributed by atoms with E-state index in [1.54, 1.807) is 13.8 Å². The Bertz CT molecular complexity index is 143. The Hall–Kier alpha value is -0.180. The lowest BCUT2D eigenvalue weighted by Gasteiger charge is -2.01. The van der Waals surface area contributed by atoms with Gasteiger partial charge >= 0.3 is 8.25 Å². The molecule has 5 heteroatoms. The average molecular weight is 166 g/mol. The van der Waals surface area contributed by atoms with Gasteiger partial charge in [0.2, 0.25) is 0 Å². The lowest BCUT2D eigenvalue weighted by Crippen LogP contribution is -2.12. The van der Waals surface area contributed by atoms with Gasteiger partial charge in [0.1, 0.15) is 6.61 Å². The fourth-order valence-corrected chi connectivity index (χ4v) is 0.565. The van der Waals surface area contributed by atoms with Crippen LogP contribution in [0.2, 0.25) is 0 Å². The van der Waals surface area contributed by atoms with Crippen LogP contribution in [0.5, 0.6) is 0 Å². The van der Waals surface area contributed by atoms with Crippen molar-refractivity contribution in [1.29, 1.82) is 0 Å². The molecule has 0 aromatic heterocycles. The van der Waals surface area contributed by atoms with Gasteiger partial charge < -0.3 is 9.42 Å². The molecule has 0 aromatic rings. The molecule has 0 rings (SSSR count). The number of rotatable bonds is 4. The van der Waals surface area contributed by atoms with Crippen molar-refractivity contribution in [2.24, 2.45) is 5.92 Å². The summed E-state index contributed by atoms with van der Waals surface area (Å²) in [6.45, 7) is 3.16. The van der Waals surface area contributed by atoms with Gasteiger partial charge in [-0.25, -0.2) is 0 Å². The van der Waals surface area contributed by atoms with Crippen LogP contribution in [0.1, 0.15) is 13.8 Å². The van der Waals surface area contributed by atoms with Crippen LogP contribution in [0.25, 0.3) is 0 Å². The molecule has 1 atom stereocenters. The third-order valence-electron chi connectivity index (χ3n) is 0.982. The van der Waals surface area contributed by atoms with Crippen LogP contribution in [0.4, 0.5) is 0 Å². The van der Waals surface area contributed by atoms with Crippen molar-refractivity contribution >= 4 is 14.0 Å². The van der Waals surface area contributed by atoms with Crippen molar-refractivity contribution in [1.82, 2.24) is 0 Å². The Labute approximate surface area is 60.1 Å². The zero-order chi connectivity index (χ0) is 8.15. The van der Waals surface area contributed by atoms with E-state index < -0.39 is 8.25 Å². The van der Waals surface area contributed by atoms with E-state index in [0.717, 1.165) is 0 Å². The molecule has 4 nitrogen and oxygen atoms in total.